The van der Waals surface area contributed by atoms with E-state index < -0.39 is 0 Å². The van der Waals surface area contributed by atoms with E-state index in [0.29, 0.717) is 12.2 Å². The molecule has 1 aromatic rings. The summed E-state index contributed by atoms with van der Waals surface area (Å²) in [4.78, 5) is 8.78. The molecule has 1 saturated heterocycles. The predicted octanol–water partition coefficient (Wildman–Crippen LogP) is 2.59. The van der Waals surface area contributed by atoms with Crippen molar-refractivity contribution in [3.8, 4) is 0 Å². The summed E-state index contributed by atoms with van der Waals surface area (Å²) in [6.07, 6.45) is 6.32. The SMILES string of the molecule is CN=C(NCc1ccc(N(C)C)c(F)c1)NCC1(N2CCOCC2)CCCCC1. The molecule has 162 valence electrons. The minimum atomic E-state index is -0.203. The van der Waals surface area contributed by atoms with Crippen LogP contribution in [-0.4, -0.2) is 70.4 Å². The summed E-state index contributed by atoms with van der Waals surface area (Å²) in [6.45, 7) is 5.07. The number of hydrogen-bond donors (Lipinski definition) is 2. The highest BCUT2D eigenvalue weighted by molar-refractivity contribution is 5.79. The van der Waals surface area contributed by atoms with Crippen molar-refractivity contribution in [1.82, 2.24) is 15.5 Å². The van der Waals surface area contributed by atoms with Crippen molar-refractivity contribution in [2.75, 3.05) is 58.9 Å². The predicted molar refractivity (Wildman–Crippen MR) is 117 cm³/mol. The van der Waals surface area contributed by atoms with Gasteiger partial charge in [0, 0.05) is 52.9 Å². The zero-order chi connectivity index (χ0) is 20.7. The second kappa shape index (κ2) is 10.3. The lowest BCUT2D eigenvalue weighted by atomic mass is 9.80. The number of benzene rings is 1. The molecular weight excluding hydrogens is 369 g/mol. The van der Waals surface area contributed by atoms with Crippen LogP contribution in [-0.2, 0) is 11.3 Å². The summed E-state index contributed by atoms with van der Waals surface area (Å²) in [5.74, 6) is 0.561. The number of hydrogen-bond acceptors (Lipinski definition) is 4. The quantitative estimate of drug-likeness (QED) is 0.563. The molecule has 2 aliphatic rings. The molecule has 29 heavy (non-hydrogen) atoms. The first-order valence-corrected chi connectivity index (χ1v) is 10.8. The van der Waals surface area contributed by atoms with E-state index in [0.717, 1.165) is 44.4 Å². The van der Waals surface area contributed by atoms with Crippen LogP contribution in [0.2, 0.25) is 0 Å². The van der Waals surface area contributed by atoms with Gasteiger partial charge in [0.1, 0.15) is 5.82 Å². The number of rotatable bonds is 6. The Hall–Kier alpha value is -1.86. The van der Waals surface area contributed by atoms with Crippen molar-refractivity contribution >= 4 is 11.6 Å². The van der Waals surface area contributed by atoms with Gasteiger partial charge >= 0.3 is 0 Å². The molecule has 0 aromatic heterocycles. The number of guanidine groups is 1. The topological polar surface area (TPSA) is 52.1 Å². The third kappa shape index (κ3) is 5.60. The Bertz CT molecular complexity index is 682. The Morgan fingerprint density at radius 3 is 2.52 bits per heavy atom. The standard InChI is InChI=1S/C22H36FN5O/c1-24-21(25-16-18-7-8-20(27(2)3)19(23)15-18)26-17-22(9-5-4-6-10-22)28-11-13-29-14-12-28/h7-8,15H,4-6,9-14,16-17H2,1-3H3,(H2,24,25,26). The van der Waals surface area contributed by atoms with Gasteiger partial charge in [-0.25, -0.2) is 4.39 Å². The highest BCUT2D eigenvalue weighted by Gasteiger charge is 2.38. The second-order valence-electron chi connectivity index (χ2n) is 8.34. The second-order valence-corrected chi connectivity index (χ2v) is 8.34. The maximum Gasteiger partial charge on any atom is 0.191 e. The molecule has 0 unspecified atom stereocenters. The first-order valence-electron chi connectivity index (χ1n) is 10.8. The lowest BCUT2D eigenvalue weighted by molar-refractivity contribution is -0.0352. The third-order valence-corrected chi connectivity index (χ3v) is 6.23. The van der Waals surface area contributed by atoms with Gasteiger partial charge in [-0.05, 0) is 30.5 Å². The maximum absolute atomic E-state index is 14.2. The Morgan fingerprint density at radius 1 is 1.17 bits per heavy atom. The van der Waals surface area contributed by atoms with Crippen LogP contribution >= 0.6 is 0 Å². The van der Waals surface area contributed by atoms with Gasteiger partial charge in [0.15, 0.2) is 5.96 Å². The van der Waals surface area contributed by atoms with E-state index in [-0.39, 0.29) is 11.4 Å². The van der Waals surface area contributed by atoms with E-state index >= 15 is 0 Å². The molecule has 7 heteroatoms. The number of morpholine rings is 1. The Balaban J connectivity index is 1.58. The molecule has 1 saturated carbocycles. The molecule has 0 amide bonds. The van der Waals surface area contributed by atoms with Crippen molar-refractivity contribution in [3.63, 3.8) is 0 Å². The van der Waals surface area contributed by atoms with Crippen molar-refractivity contribution in [2.24, 2.45) is 4.99 Å². The molecule has 0 bridgehead atoms. The van der Waals surface area contributed by atoms with E-state index in [9.17, 15) is 4.39 Å². The maximum atomic E-state index is 14.2. The lowest BCUT2D eigenvalue weighted by Gasteiger charge is -2.48. The van der Waals surface area contributed by atoms with Gasteiger partial charge in [-0.2, -0.15) is 0 Å². The Kier molecular flexibility index (Phi) is 7.72. The lowest BCUT2D eigenvalue weighted by Crippen LogP contribution is -2.60. The normalized spacial score (nSPS) is 20.3. The van der Waals surface area contributed by atoms with Gasteiger partial charge in [-0.1, -0.05) is 25.3 Å². The van der Waals surface area contributed by atoms with E-state index in [4.69, 9.17) is 4.74 Å². The van der Waals surface area contributed by atoms with Crippen LogP contribution < -0.4 is 15.5 Å². The van der Waals surface area contributed by atoms with E-state index in [2.05, 4.69) is 20.5 Å². The number of halogens is 1. The van der Waals surface area contributed by atoms with Gasteiger partial charge in [-0.3, -0.25) is 9.89 Å². The van der Waals surface area contributed by atoms with Gasteiger partial charge in [0.25, 0.3) is 0 Å². The largest absolute Gasteiger partial charge is 0.379 e. The smallest absolute Gasteiger partial charge is 0.191 e. The van der Waals surface area contributed by atoms with Crippen molar-refractivity contribution < 1.29 is 9.13 Å². The molecule has 1 aromatic carbocycles. The Morgan fingerprint density at radius 2 is 1.90 bits per heavy atom. The average Bonchev–Trinajstić information content (AvgIpc) is 2.75. The zero-order valence-corrected chi connectivity index (χ0v) is 18.1. The van der Waals surface area contributed by atoms with E-state index in [1.807, 2.05) is 26.2 Å². The molecule has 1 heterocycles. The molecule has 0 atom stereocenters. The molecule has 0 spiro atoms. The van der Waals surface area contributed by atoms with Crippen LogP contribution in [0.15, 0.2) is 23.2 Å². The number of ether oxygens (including phenoxy) is 1. The van der Waals surface area contributed by atoms with Crippen LogP contribution in [0.5, 0.6) is 0 Å². The van der Waals surface area contributed by atoms with Crippen molar-refractivity contribution in [2.45, 2.75) is 44.2 Å². The fourth-order valence-electron chi connectivity index (χ4n) is 4.53. The number of anilines is 1. The molecule has 6 nitrogen and oxygen atoms in total. The van der Waals surface area contributed by atoms with Crippen LogP contribution in [0.4, 0.5) is 10.1 Å². The van der Waals surface area contributed by atoms with Gasteiger partial charge in [-0.15, -0.1) is 0 Å². The van der Waals surface area contributed by atoms with Crippen LogP contribution in [0, 0.1) is 5.82 Å². The number of nitrogens with one attached hydrogen (secondary N) is 2. The summed E-state index contributed by atoms with van der Waals surface area (Å²) in [5.41, 5.74) is 1.68. The fourth-order valence-corrected chi connectivity index (χ4v) is 4.53. The highest BCUT2D eigenvalue weighted by atomic mass is 19.1. The van der Waals surface area contributed by atoms with E-state index in [1.54, 1.807) is 18.0 Å². The number of nitrogens with zero attached hydrogens (tertiary/aromatic N) is 3. The Labute approximate surface area is 174 Å². The number of aliphatic imine (C=N–C) groups is 1. The fraction of sp³-hybridized carbons (Fsp3) is 0.682. The molecule has 3 rings (SSSR count). The third-order valence-electron chi connectivity index (χ3n) is 6.23. The summed E-state index contributed by atoms with van der Waals surface area (Å²) in [5, 5.41) is 6.88. The molecular formula is C22H36FN5O. The highest BCUT2D eigenvalue weighted by Crippen LogP contribution is 2.33. The molecule has 1 aliphatic heterocycles. The summed E-state index contributed by atoms with van der Waals surface area (Å²) >= 11 is 0. The van der Waals surface area contributed by atoms with Gasteiger partial charge in [0.2, 0.25) is 0 Å². The minimum Gasteiger partial charge on any atom is -0.379 e. The average molecular weight is 406 g/mol. The van der Waals surface area contributed by atoms with Crippen molar-refractivity contribution in [1.29, 1.82) is 0 Å². The first kappa shape index (κ1) is 21.8. The van der Waals surface area contributed by atoms with Gasteiger partial charge < -0.3 is 20.3 Å². The monoisotopic (exact) mass is 405 g/mol. The first-order chi connectivity index (χ1) is 14.0. The minimum absolute atomic E-state index is 0.180. The molecule has 2 N–H and O–H groups in total. The van der Waals surface area contributed by atoms with Crippen LogP contribution in [0.25, 0.3) is 0 Å². The molecule has 2 fully saturated rings. The van der Waals surface area contributed by atoms with E-state index in [1.165, 1.54) is 32.1 Å². The van der Waals surface area contributed by atoms with Gasteiger partial charge in [0.05, 0.1) is 18.9 Å². The van der Waals surface area contributed by atoms with Crippen LogP contribution in [0.3, 0.4) is 0 Å². The molecule has 0 radical (unpaired) electrons. The molecule has 1 aliphatic carbocycles. The summed E-state index contributed by atoms with van der Waals surface area (Å²) < 4.78 is 19.8. The van der Waals surface area contributed by atoms with Crippen LogP contribution in [0.1, 0.15) is 37.7 Å². The summed E-state index contributed by atoms with van der Waals surface area (Å²) in [7, 11) is 5.47. The summed E-state index contributed by atoms with van der Waals surface area (Å²) in [6, 6.07) is 5.36. The zero-order valence-electron chi connectivity index (χ0n) is 18.1. The van der Waals surface area contributed by atoms with Crippen molar-refractivity contribution in [3.05, 3.63) is 29.6 Å².